The van der Waals surface area contributed by atoms with Gasteiger partial charge in [-0.2, -0.15) is 0 Å². The second kappa shape index (κ2) is 6.53. The van der Waals surface area contributed by atoms with Crippen molar-refractivity contribution in [1.29, 1.82) is 0 Å². The largest absolute Gasteiger partial charge is 0.496 e. The quantitative estimate of drug-likeness (QED) is 0.591. The van der Waals surface area contributed by atoms with Crippen molar-refractivity contribution in [3.8, 4) is 5.75 Å². The maximum Gasteiger partial charge on any atom is 0.132 e. The third kappa shape index (κ3) is 3.98. The fourth-order valence-electron chi connectivity index (χ4n) is 1.22. The maximum absolute atomic E-state index is 5.27. The number of likely N-dealkylation sites (N-methyl/N-ethyl adjacent to an activating group) is 1. The fraction of sp³-hybridized carbons (Fsp3) is 0.333. The van der Waals surface area contributed by atoms with E-state index < -0.39 is 0 Å². The molecule has 0 fully saturated rings. The number of benzene rings is 1. The minimum Gasteiger partial charge on any atom is -0.496 e. The van der Waals surface area contributed by atoms with Gasteiger partial charge in [0.25, 0.3) is 0 Å². The second-order valence-corrected chi connectivity index (χ2v) is 4.24. The van der Waals surface area contributed by atoms with Crippen molar-refractivity contribution >= 4 is 11.8 Å². The number of hydrogen-bond donors (Lipinski definition) is 1. The van der Waals surface area contributed by atoms with Crippen molar-refractivity contribution in [1.82, 2.24) is 5.32 Å². The Morgan fingerprint density at radius 2 is 2.20 bits per heavy atom. The zero-order chi connectivity index (χ0) is 11.1. The van der Waals surface area contributed by atoms with Crippen LogP contribution in [-0.4, -0.2) is 26.5 Å². The molecule has 3 heteroatoms. The third-order valence-corrected chi connectivity index (χ3v) is 3.13. The van der Waals surface area contributed by atoms with E-state index in [9.17, 15) is 0 Å². The topological polar surface area (TPSA) is 21.3 Å². The Labute approximate surface area is 95.7 Å². The van der Waals surface area contributed by atoms with E-state index in [1.54, 1.807) is 18.9 Å². The molecule has 2 nitrogen and oxygen atoms in total. The Morgan fingerprint density at radius 1 is 1.47 bits per heavy atom. The normalized spacial score (nSPS) is 10.0. The predicted octanol–water partition coefficient (Wildman–Crippen LogP) is 2.56. The summed E-state index contributed by atoms with van der Waals surface area (Å²) in [6.45, 7) is 4.85. The van der Waals surface area contributed by atoms with E-state index in [2.05, 4.69) is 18.0 Å². The van der Waals surface area contributed by atoms with Gasteiger partial charge in [-0.3, -0.25) is 0 Å². The van der Waals surface area contributed by atoms with Gasteiger partial charge in [0.05, 0.1) is 7.11 Å². The van der Waals surface area contributed by atoms with Gasteiger partial charge in [-0.15, -0.1) is 11.8 Å². The van der Waals surface area contributed by atoms with E-state index in [0.717, 1.165) is 22.9 Å². The Morgan fingerprint density at radius 3 is 2.87 bits per heavy atom. The zero-order valence-electron chi connectivity index (χ0n) is 9.25. The average Bonchev–Trinajstić information content (AvgIpc) is 2.27. The first-order valence-electron chi connectivity index (χ1n) is 4.85. The molecule has 1 N–H and O–H groups in total. The predicted molar refractivity (Wildman–Crippen MR) is 66.8 cm³/mol. The Balaban J connectivity index is 2.53. The molecule has 0 unspecified atom stereocenters. The van der Waals surface area contributed by atoms with E-state index in [-0.39, 0.29) is 0 Å². The van der Waals surface area contributed by atoms with Crippen LogP contribution in [0.4, 0.5) is 0 Å². The minimum absolute atomic E-state index is 0.863. The summed E-state index contributed by atoms with van der Waals surface area (Å²) in [6.07, 6.45) is 0. The van der Waals surface area contributed by atoms with Crippen molar-refractivity contribution in [2.75, 3.05) is 26.5 Å². The van der Waals surface area contributed by atoms with Crippen LogP contribution in [0.5, 0.6) is 5.75 Å². The molecule has 0 bridgehead atoms. The minimum atomic E-state index is 0.863. The molecule has 1 rings (SSSR count). The molecule has 82 valence electrons. The summed E-state index contributed by atoms with van der Waals surface area (Å²) in [6, 6.07) is 8.04. The smallest absolute Gasteiger partial charge is 0.132 e. The molecule has 1 aromatic rings. The number of thioether (sulfide) groups is 1. The molecule has 0 aliphatic rings. The molecule has 0 aliphatic heterocycles. The monoisotopic (exact) mass is 223 g/mol. The molecular weight excluding hydrogens is 206 g/mol. The summed E-state index contributed by atoms with van der Waals surface area (Å²) in [7, 11) is 3.63. The Bertz CT molecular complexity index is 325. The van der Waals surface area contributed by atoms with Gasteiger partial charge in [0.1, 0.15) is 5.75 Å². The van der Waals surface area contributed by atoms with Crippen LogP contribution in [0, 0.1) is 0 Å². The van der Waals surface area contributed by atoms with Crippen LogP contribution in [0.1, 0.15) is 0 Å². The lowest BCUT2D eigenvalue weighted by Gasteiger charge is -2.08. The molecule has 0 aliphatic carbocycles. The van der Waals surface area contributed by atoms with Crippen LogP contribution in [0.25, 0.3) is 0 Å². The molecule has 0 radical (unpaired) electrons. The average molecular weight is 223 g/mol. The molecule has 1 aromatic carbocycles. The van der Waals surface area contributed by atoms with Crippen LogP contribution in [0.2, 0.25) is 0 Å². The molecule has 0 heterocycles. The van der Waals surface area contributed by atoms with Crippen molar-refractivity contribution in [2.24, 2.45) is 0 Å². The van der Waals surface area contributed by atoms with Gasteiger partial charge >= 0.3 is 0 Å². The van der Waals surface area contributed by atoms with Gasteiger partial charge in [-0.1, -0.05) is 24.3 Å². The van der Waals surface area contributed by atoms with Gasteiger partial charge in [-0.05, 0) is 19.2 Å². The molecular formula is C12H17NOS. The van der Waals surface area contributed by atoms with Crippen molar-refractivity contribution in [2.45, 2.75) is 4.90 Å². The lowest BCUT2D eigenvalue weighted by atomic mass is 10.3. The molecule has 0 amide bonds. The number of para-hydroxylation sites is 1. The summed E-state index contributed by atoms with van der Waals surface area (Å²) >= 11 is 1.76. The maximum atomic E-state index is 5.27. The summed E-state index contributed by atoms with van der Waals surface area (Å²) < 4.78 is 5.27. The number of ether oxygens (including phenoxy) is 1. The van der Waals surface area contributed by atoms with E-state index in [1.165, 1.54) is 5.57 Å². The molecule has 0 saturated carbocycles. The highest BCUT2D eigenvalue weighted by atomic mass is 32.2. The summed E-state index contributed by atoms with van der Waals surface area (Å²) in [5, 5.41) is 3.09. The third-order valence-electron chi connectivity index (χ3n) is 1.93. The van der Waals surface area contributed by atoms with Crippen molar-refractivity contribution < 1.29 is 4.74 Å². The first-order chi connectivity index (χ1) is 7.27. The fourth-order valence-corrected chi connectivity index (χ4v) is 2.15. The van der Waals surface area contributed by atoms with Crippen molar-refractivity contribution in [3.05, 3.63) is 36.4 Å². The molecule has 15 heavy (non-hydrogen) atoms. The van der Waals surface area contributed by atoms with Crippen LogP contribution >= 0.6 is 11.8 Å². The number of rotatable bonds is 6. The molecule has 0 spiro atoms. The Kier molecular flexibility index (Phi) is 5.29. The van der Waals surface area contributed by atoms with Crippen LogP contribution in [0.15, 0.2) is 41.3 Å². The number of nitrogens with one attached hydrogen (secondary N) is 1. The highest BCUT2D eigenvalue weighted by molar-refractivity contribution is 7.99. The SMILES string of the molecule is C=C(CNC)CSc1ccccc1OC. The van der Waals surface area contributed by atoms with E-state index in [0.29, 0.717) is 0 Å². The van der Waals surface area contributed by atoms with Crippen LogP contribution in [0.3, 0.4) is 0 Å². The lowest BCUT2D eigenvalue weighted by Crippen LogP contribution is -2.10. The van der Waals surface area contributed by atoms with Gasteiger partial charge < -0.3 is 10.1 Å². The van der Waals surface area contributed by atoms with Gasteiger partial charge in [-0.25, -0.2) is 0 Å². The van der Waals surface area contributed by atoms with Crippen LogP contribution in [-0.2, 0) is 0 Å². The summed E-state index contributed by atoms with van der Waals surface area (Å²) in [5.74, 6) is 1.85. The molecule has 0 atom stereocenters. The van der Waals surface area contributed by atoms with E-state index in [4.69, 9.17) is 4.74 Å². The van der Waals surface area contributed by atoms with Crippen LogP contribution < -0.4 is 10.1 Å². The molecule has 0 aromatic heterocycles. The lowest BCUT2D eigenvalue weighted by molar-refractivity contribution is 0.405. The summed E-state index contributed by atoms with van der Waals surface area (Å²) in [5.41, 5.74) is 1.19. The Hall–Kier alpha value is -0.930. The second-order valence-electron chi connectivity index (χ2n) is 3.22. The van der Waals surface area contributed by atoms with E-state index in [1.807, 2.05) is 25.2 Å². The van der Waals surface area contributed by atoms with Gasteiger partial charge in [0.2, 0.25) is 0 Å². The van der Waals surface area contributed by atoms with Crippen molar-refractivity contribution in [3.63, 3.8) is 0 Å². The van der Waals surface area contributed by atoms with Gasteiger partial charge in [0.15, 0.2) is 0 Å². The number of methoxy groups -OCH3 is 1. The first-order valence-corrected chi connectivity index (χ1v) is 5.83. The number of hydrogen-bond acceptors (Lipinski definition) is 3. The first kappa shape index (κ1) is 12.1. The highest BCUT2D eigenvalue weighted by Gasteiger charge is 2.02. The highest BCUT2D eigenvalue weighted by Crippen LogP contribution is 2.29. The van der Waals surface area contributed by atoms with Gasteiger partial charge in [0, 0.05) is 17.2 Å². The zero-order valence-corrected chi connectivity index (χ0v) is 10.1. The standard InChI is InChI=1S/C12H17NOS/c1-10(8-13-2)9-15-12-7-5-4-6-11(12)14-3/h4-7,13H,1,8-9H2,2-3H3. The van der Waals surface area contributed by atoms with E-state index >= 15 is 0 Å². The summed E-state index contributed by atoms with van der Waals surface area (Å²) in [4.78, 5) is 1.16. The molecule has 0 saturated heterocycles.